The molecule has 1 aliphatic rings. The highest BCUT2D eigenvalue weighted by Crippen LogP contribution is 2.28. The molecule has 0 bridgehead atoms. The molecule has 2 N–H and O–H groups in total. The van der Waals surface area contributed by atoms with Crippen LogP contribution in [0, 0.1) is 0 Å². The van der Waals surface area contributed by atoms with E-state index in [4.69, 9.17) is 28.6 Å². The summed E-state index contributed by atoms with van der Waals surface area (Å²) < 4.78 is 6.40. The fourth-order valence-electron chi connectivity index (χ4n) is 3.26. The zero-order chi connectivity index (χ0) is 24.9. The van der Waals surface area contributed by atoms with Crippen molar-refractivity contribution in [3.05, 3.63) is 93.4 Å². The summed E-state index contributed by atoms with van der Waals surface area (Å²) in [5.41, 5.74) is 1.40. The van der Waals surface area contributed by atoms with Crippen molar-refractivity contribution in [1.82, 2.24) is 5.32 Å². The Balaban J connectivity index is 1.57. The first-order valence-corrected chi connectivity index (χ1v) is 11.8. The molecule has 0 radical (unpaired) electrons. The van der Waals surface area contributed by atoms with Gasteiger partial charge in [0.25, 0.3) is 17.7 Å². The molecule has 0 aliphatic carbocycles. The van der Waals surface area contributed by atoms with Gasteiger partial charge in [0, 0.05) is 20.7 Å². The molecule has 0 atom stereocenters. The number of para-hydroxylation sites is 1. The van der Waals surface area contributed by atoms with Crippen LogP contribution in [-0.2, 0) is 14.4 Å². The van der Waals surface area contributed by atoms with Gasteiger partial charge in [-0.15, -0.1) is 0 Å². The summed E-state index contributed by atoms with van der Waals surface area (Å²) in [6.45, 7) is -0.291. The van der Waals surface area contributed by atoms with Gasteiger partial charge in [-0.1, -0.05) is 45.7 Å². The lowest BCUT2D eigenvalue weighted by Crippen LogP contribution is -2.54. The highest BCUT2D eigenvalue weighted by molar-refractivity contribution is 9.10. The van der Waals surface area contributed by atoms with Gasteiger partial charge in [-0.25, -0.2) is 0 Å². The van der Waals surface area contributed by atoms with Crippen molar-refractivity contribution in [2.75, 3.05) is 16.8 Å². The third-order valence-electron chi connectivity index (χ3n) is 4.87. The fourth-order valence-corrected chi connectivity index (χ4v) is 4.05. The minimum atomic E-state index is -0.626. The van der Waals surface area contributed by atoms with Crippen LogP contribution in [0.5, 0.6) is 5.75 Å². The van der Waals surface area contributed by atoms with Crippen LogP contribution in [0.1, 0.15) is 5.56 Å². The highest BCUT2D eigenvalue weighted by Gasteiger charge is 2.34. The number of thiocarbonyl (C=S) groups is 1. The number of carbonyl (C=O) groups is 3. The smallest absolute Gasteiger partial charge is 0.270 e. The summed E-state index contributed by atoms with van der Waals surface area (Å²) in [5.74, 6) is -1.28. The number of anilines is 2. The second kappa shape index (κ2) is 10.8. The Hall–Kier alpha value is -3.53. The lowest BCUT2D eigenvalue weighted by Gasteiger charge is -2.29. The van der Waals surface area contributed by atoms with Gasteiger partial charge in [-0.05, 0) is 72.9 Å². The Morgan fingerprint density at radius 2 is 1.80 bits per heavy atom. The maximum atomic E-state index is 13.2. The third kappa shape index (κ3) is 5.94. The van der Waals surface area contributed by atoms with Crippen molar-refractivity contribution in [3.63, 3.8) is 0 Å². The zero-order valence-corrected chi connectivity index (χ0v) is 21.1. The van der Waals surface area contributed by atoms with E-state index in [-0.39, 0.29) is 23.2 Å². The Morgan fingerprint density at radius 3 is 2.51 bits per heavy atom. The topological polar surface area (TPSA) is 87.7 Å². The van der Waals surface area contributed by atoms with Gasteiger partial charge in [0.15, 0.2) is 11.7 Å². The Morgan fingerprint density at radius 1 is 1.09 bits per heavy atom. The maximum Gasteiger partial charge on any atom is 0.270 e. The minimum Gasteiger partial charge on any atom is -0.483 e. The molecular formula is C25H17BrClN3O4S. The molecule has 0 unspecified atom stereocenters. The van der Waals surface area contributed by atoms with Gasteiger partial charge >= 0.3 is 0 Å². The maximum absolute atomic E-state index is 13.2. The monoisotopic (exact) mass is 569 g/mol. The molecule has 10 heteroatoms. The van der Waals surface area contributed by atoms with Gasteiger partial charge in [0.2, 0.25) is 0 Å². The van der Waals surface area contributed by atoms with Gasteiger partial charge in [0.1, 0.15) is 11.3 Å². The number of nitrogens with zero attached hydrogens (tertiary/aromatic N) is 1. The van der Waals surface area contributed by atoms with E-state index in [1.165, 1.54) is 11.0 Å². The van der Waals surface area contributed by atoms with Crippen molar-refractivity contribution in [2.24, 2.45) is 0 Å². The Labute approximate surface area is 219 Å². The molecule has 1 heterocycles. The van der Waals surface area contributed by atoms with Crippen molar-refractivity contribution in [2.45, 2.75) is 0 Å². The van der Waals surface area contributed by atoms with E-state index in [1.807, 2.05) is 6.07 Å². The second-order valence-corrected chi connectivity index (χ2v) is 9.06. The first-order chi connectivity index (χ1) is 16.8. The van der Waals surface area contributed by atoms with E-state index >= 15 is 0 Å². The third-order valence-corrected chi connectivity index (χ3v) is 5.90. The van der Waals surface area contributed by atoms with E-state index in [0.29, 0.717) is 32.2 Å². The number of rotatable bonds is 6. The molecule has 3 aromatic rings. The minimum absolute atomic E-state index is 0.00654. The lowest BCUT2D eigenvalue weighted by atomic mass is 10.1. The molecule has 176 valence electrons. The van der Waals surface area contributed by atoms with Crippen molar-refractivity contribution in [3.8, 4) is 5.75 Å². The zero-order valence-electron chi connectivity index (χ0n) is 18.0. The molecule has 3 amide bonds. The van der Waals surface area contributed by atoms with E-state index in [2.05, 4.69) is 26.6 Å². The van der Waals surface area contributed by atoms with Gasteiger partial charge < -0.3 is 10.1 Å². The Kier molecular flexibility index (Phi) is 7.60. The summed E-state index contributed by atoms with van der Waals surface area (Å²) in [4.78, 5) is 39.5. The van der Waals surface area contributed by atoms with Crippen LogP contribution < -0.4 is 20.3 Å². The second-order valence-electron chi connectivity index (χ2n) is 7.32. The number of ether oxygens (including phenoxy) is 1. The first-order valence-electron chi connectivity index (χ1n) is 10.3. The average molecular weight is 571 g/mol. The van der Waals surface area contributed by atoms with E-state index in [0.717, 1.165) is 0 Å². The number of carbonyl (C=O) groups excluding carboxylic acids is 3. The van der Waals surface area contributed by atoms with Gasteiger partial charge in [0.05, 0.1) is 5.69 Å². The molecule has 3 aromatic carbocycles. The Bertz CT molecular complexity index is 1350. The van der Waals surface area contributed by atoms with Crippen molar-refractivity contribution >= 4 is 80.0 Å². The summed E-state index contributed by atoms with van der Waals surface area (Å²) in [6, 6.07) is 20.5. The number of halogens is 2. The molecule has 35 heavy (non-hydrogen) atoms. The van der Waals surface area contributed by atoms with Crippen molar-refractivity contribution in [1.29, 1.82) is 0 Å². The van der Waals surface area contributed by atoms with Crippen LogP contribution in [-0.4, -0.2) is 29.4 Å². The molecule has 0 saturated carbocycles. The van der Waals surface area contributed by atoms with Crippen LogP contribution in [0.3, 0.4) is 0 Å². The van der Waals surface area contributed by atoms with E-state index in [9.17, 15) is 14.4 Å². The normalized spacial score (nSPS) is 14.6. The first kappa shape index (κ1) is 24.6. The molecular weight excluding hydrogens is 554 g/mol. The predicted molar refractivity (Wildman–Crippen MR) is 142 cm³/mol. The fraction of sp³-hybridized carbons (Fsp3) is 0.0400. The summed E-state index contributed by atoms with van der Waals surface area (Å²) >= 11 is 14.5. The SMILES string of the molecule is O=C(COc1ccc(Br)cc1/C=C1/C(=O)NC(=S)N(c2ccccc2)C1=O)Nc1ccc(Cl)cc1. The van der Waals surface area contributed by atoms with Gasteiger partial charge in [-0.3, -0.25) is 24.6 Å². The average Bonchev–Trinajstić information content (AvgIpc) is 2.83. The number of nitrogens with one attached hydrogen (secondary N) is 2. The number of benzene rings is 3. The quantitative estimate of drug-likeness (QED) is 0.249. The number of amides is 3. The van der Waals surface area contributed by atoms with E-state index in [1.54, 1.807) is 66.7 Å². The molecule has 0 spiro atoms. The summed E-state index contributed by atoms with van der Waals surface area (Å²) in [7, 11) is 0. The molecule has 4 rings (SSSR count). The largest absolute Gasteiger partial charge is 0.483 e. The van der Waals surface area contributed by atoms with Crippen molar-refractivity contribution < 1.29 is 19.1 Å². The lowest BCUT2D eigenvalue weighted by molar-refractivity contribution is -0.122. The molecule has 0 aromatic heterocycles. The van der Waals surface area contributed by atoms with Crippen LogP contribution >= 0.6 is 39.7 Å². The van der Waals surface area contributed by atoms with Crippen LogP contribution in [0.15, 0.2) is 82.8 Å². The summed E-state index contributed by atoms with van der Waals surface area (Å²) in [6.07, 6.45) is 1.41. The van der Waals surface area contributed by atoms with Crippen LogP contribution in [0.25, 0.3) is 6.08 Å². The predicted octanol–water partition coefficient (Wildman–Crippen LogP) is 4.95. The van der Waals surface area contributed by atoms with Crippen LogP contribution in [0.2, 0.25) is 5.02 Å². The number of hydrogen-bond acceptors (Lipinski definition) is 5. The van der Waals surface area contributed by atoms with Crippen LogP contribution in [0.4, 0.5) is 11.4 Å². The molecule has 1 aliphatic heterocycles. The number of hydrogen-bond donors (Lipinski definition) is 2. The molecule has 1 fully saturated rings. The highest BCUT2D eigenvalue weighted by atomic mass is 79.9. The molecule has 1 saturated heterocycles. The summed E-state index contributed by atoms with van der Waals surface area (Å²) in [5, 5.41) is 5.80. The van der Waals surface area contributed by atoms with E-state index < -0.39 is 11.8 Å². The molecule has 7 nitrogen and oxygen atoms in total. The van der Waals surface area contributed by atoms with Gasteiger partial charge in [-0.2, -0.15) is 0 Å². The standard InChI is InChI=1S/C25H17BrClN3O4S/c26-16-6-11-21(34-14-22(31)28-18-9-7-17(27)8-10-18)15(12-16)13-20-23(32)29-25(35)30(24(20)33)19-4-2-1-3-5-19/h1-13H,14H2,(H,28,31)(H,29,32,35)/b20-13-.